The molecule has 0 unspecified atom stereocenters. The summed E-state index contributed by atoms with van der Waals surface area (Å²) in [5, 5.41) is 21.3. The summed E-state index contributed by atoms with van der Waals surface area (Å²) in [5.41, 5.74) is -0.422. The van der Waals surface area contributed by atoms with Gasteiger partial charge in [0.15, 0.2) is 9.84 Å². The number of phenolic OH excluding ortho intramolecular Hbond substituents is 1. The van der Waals surface area contributed by atoms with E-state index in [9.17, 15) is 23.1 Å². The maximum absolute atomic E-state index is 12.3. The molecule has 0 atom stereocenters. The van der Waals surface area contributed by atoms with Gasteiger partial charge in [0.2, 0.25) is 0 Å². The van der Waals surface area contributed by atoms with Gasteiger partial charge in [-0.15, -0.1) is 0 Å². The summed E-state index contributed by atoms with van der Waals surface area (Å²) in [6.07, 6.45) is 0. The van der Waals surface area contributed by atoms with E-state index in [-0.39, 0.29) is 33.2 Å². The number of carbonyl (C=O) groups excluding carboxylic acids is 1. The Morgan fingerprint density at radius 2 is 1.71 bits per heavy atom. The Bertz CT molecular complexity index is 905. The van der Waals surface area contributed by atoms with Crippen LogP contribution in [-0.2, 0) is 9.84 Å². The van der Waals surface area contributed by atoms with Gasteiger partial charge in [-0.05, 0) is 30.3 Å². The van der Waals surface area contributed by atoms with Gasteiger partial charge >= 0.3 is 5.97 Å². The summed E-state index contributed by atoms with van der Waals surface area (Å²) in [6.45, 7) is 1.48. The number of phenols is 1. The molecule has 3 N–H and O–H groups in total. The summed E-state index contributed by atoms with van der Waals surface area (Å²) >= 11 is 0. The van der Waals surface area contributed by atoms with Crippen molar-refractivity contribution >= 4 is 27.4 Å². The van der Waals surface area contributed by atoms with Crippen LogP contribution in [0.15, 0.2) is 47.4 Å². The number of amides is 1. The Labute approximate surface area is 138 Å². The molecule has 0 spiro atoms. The van der Waals surface area contributed by atoms with Crippen molar-refractivity contribution in [2.45, 2.75) is 11.8 Å². The molecule has 7 nitrogen and oxygen atoms in total. The Hall–Kier alpha value is -2.87. The number of carboxylic acids is 1. The Balaban J connectivity index is 2.40. The molecule has 0 saturated heterocycles. The largest absolute Gasteiger partial charge is 0.506 e. The highest BCUT2D eigenvalue weighted by Crippen LogP contribution is 2.27. The molecule has 2 aromatic carbocycles. The van der Waals surface area contributed by atoms with Gasteiger partial charge < -0.3 is 15.5 Å². The van der Waals surface area contributed by atoms with E-state index < -0.39 is 21.7 Å². The first kappa shape index (κ1) is 17.5. The van der Waals surface area contributed by atoms with E-state index in [1.54, 1.807) is 0 Å². The number of rotatable bonds is 5. The van der Waals surface area contributed by atoms with Crippen LogP contribution in [0, 0.1) is 0 Å². The lowest BCUT2D eigenvalue weighted by molar-refractivity contribution is 0.0692. The lowest BCUT2D eigenvalue weighted by atomic mass is 10.1. The minimum absolute atomic E-state index is 0.0513. The van der Waals surface area contributed by atoms with Gasteiger partial charge in [-0.3, -0.25) is 4.79 Å². The zero-order valence-corrected chi connectivity index (χ0v) is 13.5. The second-order valence-electron chi connectivity index (χ2n) is 4.89. The summed E-state index contributed by atoms with van der Waals surface area (Å²) in [6, 6.07) is 9.09. The van der Waals surface area contributed by atoms with Crippen LogP contribution in [0.25, 0.3) is 0 Å². The summed E-state index contributed by atoms with van der Waals surface area (Å²) in [5.74, 6) is -2.50. The smallest absolute Gasteiger partial charge is 0.336 e. The number of carbonyl (C=O) groups is 2. The van der Waals surface area contributed by atoms with Crippen LogP contribution < -0.4 is 5.32 Å². The van der Waals surface area contributed by atoms with Crippen LogP contribution in [0.1, 0.15) is 27.6 Å². The van der Waals surface area contributed by atoms with Crippen molar-refractivity contribution in [3.63, 3.8) is 0 Å². The van der Waals surface area contributed by atoms with Crippen LogP contribution in [0.3, 0.4) is 0 Å². The van der Waals surface area contributed by atoms with E-state index in [1.807, 2.05) is 0 Å². The van der Waals surface area contributed by atoms with Crippen molar-refractivity contribution in [2.75, 3.05) is 11.1 Å². The average Bonchev–Trinajstić information content (AvgIpc) is 2.56. The topological polar surface area (TPSA) is 121 Å². The highest BCUT2D eigenvalue weighted by Gasteiger charge is 2.19. The van der Waals surface area contributed by atoms with E-state index in [1.165, 1.54) is 37.3 Å². The monoisotopic (exact) mass is 349 g/mol. The number of hydrogen-bond donors (Lipinski definition) is 3. The normalized spacial score (nSPS) is 11.0. The fourth-order valence-corrected chi connectivity index (χ4v) is 2.94. The molecule has 0 aliphatic rings. The molecule has 0 bridgehead atoms. The van der Waals surface area contributed by atoms with Gasteiger partial charge in [0.1, 0.15) is 5.75 Å². The van der Waals surface area contributed by atoms with Crippen molar-refractivity contribution in [3.8, 4) is 5.75 Å². The third kappa shape index (κ3) is 3.54. The van der Waals surface area contributed by atoms with Crippen molar-refractivity contribution in [2.24, 2.45) is 0 Å². The zero-order valence-electron chi connectivity index (χ0n) is 12.7. The minimum Gasteiger partial charge on any atom is -0.506 e. The minimum atomic E-state index is -3.52. The number of carboxylic acid groups (broad SMARTS) is 1. The van der Waals surface area contributed by atoms with Gasteiger partial charge in [0.05, 0.1) is 27.5 Å². The Kier molecular flexibility index (Phi) is 4.89. The third-order valence-electron chi connectivity index (χ3n) is 3.36. The number of anilines is 1. The SMILES string of the molecule is CCS(=O)(=O)c1ccc(O)c(NC(=O)c2ccccc2C(=O)O)c1. The van der Waals surface area contributed by atoms with Gasteiger partial charge in [-0.2, -0.15) is 0 Å². The highest BCUT2D eigenvalue weighted by molar-refractivity contribution is 7.91. The molecule has 24 heavy (non-hydrogen) atoms. The molecule has 2 aromatic rings. The fourth-order valence-electron chi connectivity index (χ4n) is 2.03. The van der Waals surface area contributed by atoms with Crippen LogP contribution >= 0.6 is 0 Å². The van der Waals surface area contributed by atoms with Crippen molar-refractivity contribution in [3.05, 3.63) is 53.6 Å². The second-order valence-corrected chi connectivity index (χ2v) is 7.17. The average molecular weight is 349 g/mol. The van der Waals surface area contributed by atoms with Gasteiger partial charge in [-0.1, -0.05) is 19.1 Å². The molecule has 0 radical (unpaired) electrons. The molecule has 126 valence electrons. The number of aromatic hydroxyl groups is 1. The molecular formula is C16H15NO6S. The fraction of sp³-hybridized carbons (Fsp3) is 0.125. The molecule has 0 aliphatic heterocycles. The predicted octanol–water partition coefficient (Wildman–Crippen LogP) is 2.14. The van der Waals surface area contributed by atoms with E-state index in [0.717, 1.165) is 12.1 Å². The Morgan fingerprint density at radius 3 is 2.29 bits per heavy atom. The van der Waals surface area contributed by atoms with Gasteiger partial charge in [-0.25, -0.2) is 13.2 Å². The standard InChI is InChI=1S/C16H15NO6S/c1-2-24(22,23)10-7-8-14(18)13(9-10)17-15(19)11-5-3-4-6-12(11)16(20)21/h3-9,18H,2H2,1H3,(H,17,19)(H,20,21). The van der Waals surface area contributed by atoms with Crippen molar-refractivity contribution in [1.29, 1.82) is 0 Å². The molecule has 1 amide bonds. The summed E-state index contributed by atoms with van der Waals surface area (Å²) < 4.78 is 23.8. The molecule has 0 aromatic heterocycles. The molecule has 0 saturated carbocycles. The first-order valence-electron chi connectivity index (χ1n) is 6.95. The van der Waals surface area contributed by atoms with E-state index in [0.29, 0.717) is 0 Å². The predicted molar refractivity (Wildman–Crippen MR) is 87.2 cm³/mol. The number of nitrogens with one attached hydrogen (secondary N) is 1. The van der Waals surface area contributed by atoms with Crippen LogP contribution in [-0.4, -0.2) is 36.3 Å². The highest BCUT2D eigenvalue weighted by atomic mass is 32.2. The molecular weight excluding hydrogens is 334 g/mol. The van der Waals surface area contributed by atoms with Gasteiger partial charge in [0, 0.05) is 0 Å². The molecule has 0 fully saturated rings. The number of sulfone groups is 1. The van der Waals surface area contributed by atoms with Gasteiger partial charge in [0.25, 0.3) is 5.91 Å². The van der Waals surface area contributed by atoms with Crippen LogP contribution in [0.5, 0.6) is 5.75 Å². The van der Waals surface area contributed by atoms with Crippen molar-refractivity contribution < 1.29 is 28.2 Å². The molecule has 8 heteroatoms. The number of hydrogen-bond acceptors (Lipinski definition) is 5. The number of aromatic carboxylic acids is 1. The van der Waals surface area contributed by atoms with E-state index in [2.05, 4.69) is 5.32 Å². The summed E-state index contributed by atoms with van der Waals surface area (Å²) in [7, 11) is -3.52. The van der Waals surface area contributed by atoms with Crippen molar-refractivity contribution in [1.82, 2.24) is 0 Å². The molecule has 0 aliphatic carbocycles. The van der Waals surface area contributed by atoms with Crippen LogP contribution in [0.4, 0.5) is 5.69 Å². The Morgan fingerprint density at radius 1 is 1.08 bits per heavy atom. The molecule has 2 rings (SSSR count). The maximum atomic E-state index is 12.3. The third-order valence-corrected chi connectivity index (χ3v) is 5.09. The quantitative estimate of drug-likeness (QED) is 0.711. The first-order chi connectivity index (χ1) is 11.3. The van der Waals surface area contributed by atoms with Crippen LogP contribution in [0.2, 0.25) is 0 Å². The second kappa shape index (κ2) is 6.71. The molecule has 0 heterocycles. The lowest BCUT2D eigenvalue weighted by Crippen LogP contribution is -2.16. The summed E-state index contributed by atoms with van der Waals surface area (Å²) in [4.78, 5) is 23.4. The van der Waals surface area contributed by atoms with E-state index in [4.69, 9.17) is 5.11 Å². The zero-order chi connectivity index (χ0) is 17.9. The first-order valence-corrected chi connectivity index (χ1v) is 8.61. The van der Waals surface area contributed by atoms with E-state index >= 15 is 0 Å². The lowest BCUT2D eigenvalue weighted by Gasteiger charge is -2.11. The number of benzene rings is 2. The maximum Gasteiger partial charge on any atom is 0.336 e.